The van der Waals surface area contributed by atoms with Crippen LogP contribution in [0, 0.1) is 12.3 Å². The molecule has 2 unspecified atom stereocenters. The zero-order valence-corrected chi connectivity index (χ0v) is 8.61. The van der Waals surface area contributed by atoms with Crippen LogP contribution >= 0.6 is 11.3 Å². The number of nitrogens with two attached hydrogens (primary N) is 1. The highest BCUT2D eigenvalue weighted by atomic mass is 32.1. The molecule has 0 radical (unpaired) electrons. The van der Waals surface area contributed by atoms with Crippen molar-refractivity contribution in [3.05, 3.63) is 21.9 Å². The standard InChI is InChI=1S/C10H15NS/c1-6-4-5-12-8(6)7-9(11)10(7,2)3/h4-5,7,9H,11H2,1-3H3. The van der Waals surface area contributed by atoms with E-state index in [9.17, 15) is 0 Å². The third kappa shape index (κ3) is 0.947. The van der Waals surface area contributed by atoms with Crippen LogP contribution in [0.1, 0.15) is 30.2 Å². The van der Waals surface area contributed by atoms with Gasteiger partial charge >= 0.3 is 0 Å². The summed E-state index contributed by atoms with van der Waals surface area (Å²) in [5, 5.41) is 2.16. The quantitative estimate of drug-likeness (QED) is 0.708. The Labute approximate surface area is 77.6 Å². The fourth-order valence-corrected chi connectivity index (χ4v) is 3.15. The molecular formula is C10H15NS. The highest BCUT2D eigenvalue weighted by Gasteiger charge is 2.57. The van der Waals surface area contributed by atoms with Crippen molar-refractivity contribution in [2.24, 2.45) is 11.1 Å². The van der Waals surface area contributed by atoms with Gasteiger partial charge in [-0.05, 0) is 29.3 Å². The molecule has 2 atom stereocenters. The molecule has 0 aromatic carbocycles. The first-order valence-electron chi connectivity index (χ1n) is 4.34. The predicted molar refractivity (Wildman–Crippen MR) is 53.6 cm³/mol. The average molecular weight is 181 g/mol. The maximum atomic E-state index is 6.01. The summed E-state index contributed by atoms with van der Waals surface area (Å²) in [7, 11) is 0. The smallest absolute Gasteiger partial charge is 0.0180 e. The molecule has 0 bridgehead atoms. The lowest BCUT2D eigenvalue weighted by molar-refractivity contribution is 0.600. The van der Waals surface area contributed by atoms with Crippen LogP contribution < -0.4 is 5.73 Å². The van der Waals surface area contributed by atoms with E-state index in [0.717, 1.165) is 0 Å². The zero-order valence-electron chi connectivity index (χ0n) is 7.79. The Kier molecular flexibility index (Phi) is 1.61. The lowest BCUT2D eigenvalue weighted by Gasteiger charge is -2.00. The molecule has 2 rings (SSSR count). The molecule has 66 valence electrons. The van der Waals surface area contributed by atoms with Crippen molar-refractivity contribution in [1.82, 2.24) is 0 Å². The third-order valence-corrected chi connectivity index (χ3v) is 4.20. The summed E-state index contributed by atoms with van der Waals surface area (Å²) >= 11 is 1.85. The summed E-state index contributed by atoms with van der Waals surface area (Å²) in [4.78, 5) is 1.49. The Hall–Kier alpha value is -0.340. The number of hydrogen-bond donors (Lipinski definition) is 1. The summed E-state index contributed by atoms with van der Waals surface area (Å²) in [5.41, 5.74) is 7.75. The first-order valence-corrected chi connectivity index (χ1v) is 5.22. The Morgan fingerprint density at radius 1 is 1.50 bits per heavy atom. The SMILES string of the molecule is Cc1ccsc1C1C(N)C1(C)C. The first kappa shape index (κ1) is 8.27. The zero-order chi connectivity index (χ0) is 8.93. The van der Waals surface area contributed by atoms with Crippen LogP contribution in [0.5, 0.6) is 0 Å². The normalized spacial score (nSPS) is 32.0. The van der Waals surface area contributed by atoms with Crippen molar-refractivity contribution < 1.29 is 0 Å². The van der Waals surface area contributed by atoms with Crippen LogP contribution in [0.2, 0.25) is 0 Å². The molecular weight excluding hydrogens is 166 g/mol. The molecule has 1 heterocycles. The van der Waals surface area contributed by atoms with E-state index >= 15 is 0 Å². The van der Waals surface area contributed by atoms with Crippen LogP contribution in [0.4, 0.5) is 0 Å². The van der Waals surface area contributed by atoms with Gasteiger partial charge in [-0.3, -0.25) is 0 Å². The van der Waals surface area contributed by atoms with Gasteiger partial charge in [-0.2, -0.15) is 0 Å². The molecule has 0 aliphatic heterocycles. The number of rotatable bonds is 1. The van der Waals surface area contributed by atoms with Gasteiger partial charge in [0.05, 0.1) is 0 Å². The molecule has 1 nitrogen and oxygen atoms in total. The Balaban J connectivity index is 2.30. The van der Waals surface area contributed by atoms with Crippen molar-refractivity contribution in [2.75, 3.05) is 0 Å². The minimum atomic E-state index is 0.329. The van der Waals surface area contributed by atoms with E-state index in [2.05, 4.69) is 32.2 Å². The van der Waals surface area contributed by atoms with E-state index in [1.165, 1.54) is 10.4 Å². The van der Waals surface area contributed by atoms with E-state index < -0.39 is 0 Å². The lowest BCUT2D eigenvalue weighted by Crippen LogP contribution is -2.06. The Morgan fingerprint density at radius 2 is 2.08 bits per heavy atom. The molecule has 0 spiro atoms. The van der Waals surface area contributed by atoms with Crippen molar-refractivity contribution >= 4 is 11.3 Å². The highest BCUT2D eigenvalue weighted by molar-refractivity contribution is 7.10. The molecule has 1 aromatic heterocycles. The first-order chi connectivity index (χ1) is 5.55. The van der Waals surface area contributed by atoms with Gasteiger partial charge in [0.2, 0.25) is 0 Å². The van der Waals surface area contributed by atoms with E-state index in [0.29, 0.717) is 17.4 Å². The average Bonchev–Trinajstić information content (AvgIpc) is 2.39. The fraction of sp³-hybridized carbons (Fsp3) is 0.600. The van der Waals surface area contributed by atoms with Crippen molar-refractivity contribution in [3.8, 4) is 0 Å². The van der Waals surface area contributed by atoms with Gasteiger partial charge in [-0.15, -0.1) is 11.3 Å². The number of thiophene rings is 1. The largest absolute Gasteiger partial charge is 0.327 e. The van der Waals surface area contributed by atoms with Crippen LogP contribution in [0.25, 0.3) is 0 Å². The minimum absolute atomic E-state index is 0.329. The van der Waals surface area contributed by atoms with Gasteiger partial charge in [0.15, 0.2) is 0 Å². The molecule has 0 saturated heterocycles. The fourth-order valence-electron chi connectivity index (χ4n) is 1.88. The summed E-state index contributed by atoms with van der Waals surface area (Å²) in [6.07, 6.45) is 0. The summed E-state index contributed by atoms with van der Waals surface area (Å²) in [6.45, 7) is 6.68. The molecule has 2 heteroatoms. The van der Waals surface area contributed by atoms with Crippen LogP contribution in [0.15, 0.2) is 11.4 Å². The van der Waals surface area contributed by atoms with Crippen molar-refractivity contribution in [1.29, 1.82) is 0 Å². The van der Waals surface area contributed by atoms with E-state index in [4.69, 9.17) is 5.73 Å². The molecule has 1 aliphatic carbocycles. The van der Waals surface area contributed by atoms with E-state index in [1.54, 1.807) is 0 Å². The second-order valence-corrected chi connectivity index (χ2v) is 5.24. The van der Waals surface area contributed by atoms with Gasteiger partial charge in [-0.1, -0.05) is 13.8 Å². The molecule has 12 heavy (non-hydrogen) atoms. The predicted octanol–water partition coefficient (Wildman–Crippen LogP) is 2.51. The second kappa shape index (κ2) is 2.33. The lowest BCUT2D eigenvalue weighted by atomic mass is 10.1. The number of hydrogen-bond acceptors (Lipinski definition) is 2. The summed E-state index contributed by atoms with van der Waals surface area (Å²) in [5.74, 6) is 0.609. The molecule has 1 saturated carbocycles. The Morgan fingerprint density at radius 3 is 2.42 bits per heavy atom. The van der Waals surface area contributed by atoms with Gasteiger partial charge in [0.1, 0.15) is 0 Å². The van der Waals surface area contributed by atoms with E-state index in [1.807, 2.05) is 11.3 Å². The van der Waals surface area contributed by atoms with E-state index in [-0.39, 0.29) is 0 Å². The Bertz CT molecular complexity index is 301. The van der Waals surface area contributed by atoms with Crippen molar-refractivity contribution in [2.45, 2.75) is 32.7 Å². The monoisotopic (exact) mass is 181 g/mol. The summed E-state index contributed by atoms with van der Waals surface area (Å²) < 4.78 is 0. The van der Waals surface area contributed by atoms with Gasteiger partial charge in [0.25, 0.3) is 0 Å². The van der Waals surface area contributed by atoms with Gasteiger partial charge < -0.3 is 5.73 Å². The van der Waals surface area contributed by atoms with Crippen LogP contribution in [-0.4, -0.2) is 6.04 Å². The van der Waals surface area contributed by atoms with Crippen LogP contribution in [-0.2, 0) is 0 Å². The molecule has 1 aromatic rings. The molecule has 1 fully saturated rings. The summed E-state index contributed by atoms with van der Waals surface area (Å²) in [6, 6.07) is 2.55. The molecule has 1 aliphatic rings. The van der Waals surface area contributed by atoms with Gasteiger partial charge in [-0.25, -0.2) is 0 Å². The maximum absolute atomic E-state index is 6.01. The molecule has 2 N–H and O–H groups in total. The van der Waals surface area contributed by atoms with Gasteiger partial charge in [0, 0.05) is 16.8 Å². The second-order valence-electron chi connectivity index (χ2n) is 4.29. The van der Waals surface area contributed by atoms with Crippen molar-refractivity contribution in [3.63, 3.8) is 0 Å². The minimum Gasteiger partial charge on any atom is -0.327 e. The number of aryl methyl sites for hydroxylation is 1. The molecule has 0 amide bonds. The highest BCUT2D eigenvalue weighted by Crippen LogP contribution is 2.59. The third-order valence-electron chi connectivity index (χ3n) is 3.09. The van der Waals surface area contributed by atoms with Crippen LogP contribution in [0.3, 0.4) is 0 Å². The topological polar surface area (TPSA) is 26.0 Å². The maximum Gasteiger partial charge on any atom is 0.0180 e.